The van der Waals surface area contributed by atoms with E-state index in [2.05, 4.69) is 17.6 Å². The summed E-state index contributed by atoms with van der Waals surface area (Å²) in [6.45, 7) is 3.86. The van der Waals surface area contributed by atoms with Gasteiger partial charge in [-0.15, -0.1) is 24.0 Å². The third kappa shape index (κ3) is 3.76. The Morgan fingerprint density at radius 1 is 1.40 bits per heavy atom. The molecule has 0 aliphatic rings. The number of thiophene rings is 1. The fourth-order valence-corrected chi connectivity index (χ4v) is 4.26. The van der Waals surface area contributed by atoms with Crippen LogP contribution in [-0.4, -0.2) is 16.9 Å². The number of anilines is 1. The van der Waals surface area contributed by atoms with Crippen LogP contribution in [0.25, 0.3) is 16.3 Å². The number of nitriles is 1. The maximum Gasteiger partial charge on any atom is 0.269 e. The largest absolute Gasteiger partial charge is 0.305 e. The summed E-state index contributed by atoms with van der Waals surface area (Å²) in [6.07, 6.45) is 1.63. The molecule has 3 rings (SSSR count). The number of hydrogen-bond donors (Lipinski definition) is 1. The van der Waals surface area contributed by atoms with Crippen molar-refractivity contribution in [3.63, 3.8) is 0 Å². The second-order valence-corrected chi connectivity index (χ2v) is 8.18. The number of thiol groups is 1. The lowest BCUT2D eigenvalue weighted by molar-refractivity contribution is -0.115. The number of aromatic nitrogens is 1. The highest BCUT2D eigenvalue weighted by Crippen LogP contribution is 2.30. The molecule has 25 heavy (non-hydrogen) atoms. The van der Waals surface area contributed by atoms with E-state index in [-0.39, 0.29) is 17.5 Å². The lowest BCUT2D eigenvalue weighted by Gasteiger charge is -2.26. The quantitative estimate of drug-likeness (QED) is 0.391. The number of carbonyl (C=O) groups is 1. The van der Waals surface area contributed by atoms with Crippen LogP contribution < -0.4 is 4.90 Å². The molecule has 0 fully saturated rings. The van der Waals surface area contributed by atoms with Gasteiger partial charge in [-0.1, -0.05) is 0 Å². The van der Waals surface area contributed by atoms with Crippen LogP contribution in [0.2, 0.25) is 0 Å². The molecule has 0 radical (unpaired) electrons. The fraction of sp³-hybridized carbons (Fsp3) is 0.167. The molecule has 0 saturated carbocycles. The summed E-state index contributed by atoms with van der Waals surface area (Å²) in [5, 5.41) is 13.3. The average Bonchev–Trinajstić information content (AvgIpc) is 3.20. The van der Waals surface area contributed by atoms with Crippen LogP contribution >= 0.6 is 35.3 Å². The minimum absolute atomic E-state index is 0.0902. The Kier molecular flexibility index (Phi) is 5.23. The topological polar surface area (TPSA) is 57.0 Å². The van der Waals surface area contributed by atoms with E-state index in [4.69, 9.17) is 0 Å². The van der Waals surface area contributed by atoms with Gasteiger partial charge in [0.25, 0.3) is 5.91 Å². The van der Waals surface area contributed by atoms with Gasteiger partial charge in [-0.05, 0) is 60.5 Å². The number of thiazole rings is 1. The van der Waals surface area contributed by atoms with Crippen LogP contribution in [0.3, 0.4) is 0 Å². The lowest BCUT2D eigenvalue weighted by Crippen LogP contribution is -2.37. The Hall–Kier alpha value is -2.14. The molecule has 4 nitrogen and oxygen atoms in total. The van der Waals surface area contributed by atoms with Gasteiger partial charge in [0.1, 0.15) is 16.0 Å². The van der Waals surface area contributed by atoms with E-state index < -0.39 is 0 Å². The molecule has 0 aliphatic heterocycles. The molecular weight excluding hydrogens is 370 g/mol. The lowest BCUT2D eigenvalue weighted by atomic mass is 10.1. The van der Waals surface area contributed by atoms with Crippen LogP contribution in [0.4, 0.5) is 5.69 Å². The smallest absolute Gasteiger partial charge is 0.269 e. The second-order valence-electron chi connectivity index (χ2n) is 5.64. The van der Waals surface area contributed by atoms with Gasteiger partial charge in [0, 0.05) is 11.7 Å². The number of benzene rings is 1. The third-order valence-electron chi connectivity index (χ3n) is 3.58. The number of hydrogen-bond acceptors (Lipinski definition) is 6. The standard InChI is InChI=1S/C18H15N3OS3/c1-11(2)21(14-3-4-15-16(8-14)25-18(23)20-15)17(22)13(9-19)7-12-5-6-24-10-12/h3-8,10-11H,1-2H3,(H,20,23)/b13-7-. The van der Waals surface area contributed by atoms with Crippen LogP contribution in [0.15, 0.2) is 44.9 Å². The molecule has 1 amide bonds. The van der Waals surface area contributed by atoms with Gasteiger partial charge in [0.05, 0.1) is 10.2 Å². The highest BCUT2D eigenvalue weighted by molar-refractivity contribution is 7.82. The Labute approximate surface area is 159 Å². The molecule has 0 N–H and O–H groups in total. The molecule has 0 unspecified atom stereocenters. The molecule has 2 aromatic heterocycles. The summed E-state index contributed by atoms with van der Waals surface area (Å²) in [5.41, 5.74) is 2.57. The predicted molar refractivity (Wildman–Crippen MR) is 107 cm³/mol. The zero-order valence-corrected chi connectivity index (χ0v) is 16.2. The number of rotatable bonds is 4. The normalized spacial score (nSPS) is 11.7. The van der Waals surface area contributed by atoms with Crippen LogP contribution in [0.5, 0.6) is 0 Å². The Bertz CT molecular complexity index is 981. The third-order valence-corrected chi connectivity index (χ3v) is 5.48. The zero-order chi connectivity index (χ0) is 18.0. The molecule has 0 atom stereocenters. The fourth-order valence-electron chi connectivity index (χ4n) is 2.50. The van der Waals surface area contributed by atoms with Gasteiger partial charge in [0.2, 0.25) is 0 Å². The molecule has 126 valence electrons. The minimum Gasteiger partial charge on any atom is -0.305 e. The molecular formula is C18H15N3OS3. The zero-order valence-electron chi connectivity index (χ0n) is 13.6. The summed E-state index contributed by atoms with van der Waals surface area (Å²) in [6, 6.07) is 9.48. The van der Waals surface area contributed by atoms with Crippen molar-refractivity contribution in [2.45, 2.75) is 24.2 Å². The van der Waals surface area contributed by atoms with Gasteiger partial charge in [0.15, 0.2) is 0 Å². The highest BCUT2D eigenvalue weighted by Gasteiger charge is 2.23. The van der Waals surface area contributed by atoms with Crippen molar-refractivity contribution >= 4 is 63.2 Å². The van der Waals surface area contributed by atoms with E-state index in [1.54, 1.807) is 11.0 Å². The van der Waals surface area contributed by atoms with Gasteiger partial charge in [-0.25, -0.2) is 4.98 Å². The van der Waals surface area contributed by atoms with Crippen molar-refractivity contribution in [1.29, 1.82) is 5.26 Å². The Morgan fingerprint density at radius 2 is 2.20 bits per heavy atom. The summed E-state index contributed by atoms with van der Waals surface area (Å²) >= 11 is 7.27. The van der Waals surface area contributed by atoms with Crippen molar-refractivity contribution in [3.05, 3.63) is 46.2 Å². The summed E-state index contributed by atoms with van der Waals surface area (Å²) < 4.78 is 1.64. The summed E-state index contributed by atoms with van der Waals surface area (Å²) in [5.74, 6) is -0.307. The molecule has 1 aromatic carbocycles. The van der Waals surface area contributed by atoms with Gasteiger partial charge < -0.3 is 4.90 Å². The number of amides is 1. The maximum absolute atomic E-state index is 13.0. The van der Waals surface area contributed by atoms with Crippen molar-refractivity contribution < 1.29 is 4.79 Å². The van der Waals surface area contributed by atoms with Crippen molar-refractivity contribution in [3.8, 4) is 6.07 Å². The first-order valence-corrected chi connectivity index (χ1v) is 9.77. The molecule has 0 saturated heterocycles. The second kappa shape index (κ2) is 7.40. The highest BCUT2D eigenvalue weighted by atomic mass is 32.2. The first-order valence-electron chi connectivity index (χ1n) is 7.56. The number of nitrogens with zero attached hydrogens (tertiary/aromatic N) is 3. The summed E-state index contributed by atoms with van der Waals surface area (Å²) in [4.78, 5) is 19.0. The van der Waals surface area contributed by atoms with Gasteiger partial charge in [-0.2, -0.15) is 16.6 Å². The Morgan fingerprint density at radius 3 is 2.84 bits per heavy atom. The first kappa shape index (κ1) is 17.7. The Balaban J connectivity index is 2.01. The molecule has 2 heterocycles. The van der Waals surface area contributed by atoms with Crippen LogP contribution in [0, 0.1) is 11.3 Å². The van der Waals surface area contributed by atoms with E-state index in [0.717, 1.165) is 21.5 Å². The maximum atomic E-state index is 13.0. The minimum atomic E-state index is -0.307. The molecule has 0 spiro atoms. The summed E-state index contributed by atoms with van der Waals surface area (Å²) in [7, 11) is 0. The van der Waals surface area contributed by atoms with Crippen molar-refractivity contribution in [2.24, 2.45) is 0 Å². The molecule has 3 aromatic rings. The first-order chi connectivity index (χ1) is 12.0. The SMILES string of the molecule is CC(C)N(C(=O)/C(C#N)=C\c1ccsc1)c1ccc2nc(S)sc2c1. The van der Waals surface area contributed by atoms with Crippen molar-refractivity contribution in [1.82, 2.24) is 4.98 Å². The van der Waals surface area contributed by atoms with Crippen LogP contribution in [0.1, 0.15) is 19.4 Å². The molecule has 0 bridgehead atoms. The average molecular weight is 386 g/mol. The molecule has 7 heteroatoms. The number of fused-ring (bicyclic) bond motifs is 1. The predicted octanol–water partition coefficient (Wildman–Crippen LogP) is 5.00. The van der Waals surface area contributed by atoms with E-state index in [0.29, 0.717) is 4.34 Å². The monoisotopic (exact) mass is 385 g/mol. The molecule has 0 aliphatic carbocycles. The van der Waals surface area contributed by atoms with Gasteiger partial charge >= 0.3 is 0 Å². The number of carbonyl (C=O) groups excluding carboxylic acids is 1. The van der Waals surface area contributed by atoms with E-state index in [1.807, 2.05) is 54.9 Å². The van der Waals surface area contributed by atoms with Crippen LogP contribution in [-0.2, 0) is 4.79 Å². The van der Waals surface area contributed by atoms with E-state index in [1.165, 1.54) is 22.7 Å². The van der Waals surface area contributed by atoms with E-state index >= 15 is 0 Å². The van der Waals surface area contributed by atoms with E-state index in [9.17, 15) is 10.1 Å². The van der Waals surface area contributed by atoms with Crippen molar-refractivity contribution in [2.75, 3.05) is 4.90 Å². The van der Waals surface area contributed by atoms with Gasteiger partial charge in [-0.3, -0.25) is 4.79 Å².